The molecule has 0 radical (unpaired) electrons. The first-order valence-corrected chi connectivity index (χ1v) is 11.5. The van der Waals surface area contributed by atoms with Crippen molar-refractivity contribution < 1.29 is 18.6 Å². The minimum atomic E-state index is -0.408. The number of hydrogen-bond acceptors (Lipinski definition) is 5. The number of hydrogen-bond donors (Lipinski definition) is 0. The third-order valence-corrected chi connectivity index (χ3v) is 6.20. The quantitative estimate of drug-likeness (QED) is 0.451. The summed E-state index contributed by atoms with van der Waals surface area (Å²) in [5.41, 5.74) is 0.813. The number of likely N-dealkylation sites (tertiary alicyclic amines) is 1. The number of ether oxygens (including phenoxy) is 3. The molecule has 2 heterocycles. The average molecular weight is 454 g/mol. The number of rotatable bonds is 10. The van der Waals surface area contributed by atoms with Crippen LogP contribution in [0.15, 0.2) is 67.0 Å². The standard InChI is InChI=1S/C26H32FN3O3/c1-31-26(21-33-25-10-3-2-9-24(25)27)11-5-14-29(16-12-26)20-22-7-4-8-23(19-22)32-18-17-30-15-6-13-28-30/h2-4,6-10,13,15,19H,5,11-12,14,16-18,20-21H2,1H3/t26-/m1/s1. The van der Waals surface area contributed by atoms with Crippen molar-refractivity contribution in [2.75, 3.05) is 33.4 Å². The minimum Gasteiger partial charge on any atom is -0.492 e. The molecule has 0 amide bonds. The van der Waals surface area contributed by atoms with Gasteiger partial charge in [-0.1, -0.05) is 24.3 Å². The normalized spacial score (nSPS) is 19.2. The second kappa shape index (κ2) is 11.3. The fourth-order valence-electron chi connectivity index (χ4n) is 4.24. The van der Waals surface area contributed by atoms with Gasteiger partial charge in [0.05, 0.1) is 6.54 Å². The summed E-state index contributed by atoms with van der Waals surface area (Å²) in [4.78, 5) is 2.44. The first-order valence-electron chi connectivity index (χ1n) is 11.5. The van der Waals surface area contributed by atoms with Gasteiger partial charge in [0.25, 0.3) is 0 Å². The van der Waals surface area contributed by atoms with Gasteiger partial charge < -0.3 is 14.2 Å². The lowest BCUT2D eigenvalue weighted by atomic mass is 9.95. The van der Waals surface area contributed by atoms with E-state index < -0.39 is 5.60 Å². The molecule has 1 fully saturated rings. The van der Waals surface area contributed by atoms with Crippen LogP contribution in [0, 0.1) is 5.82 Å². The summed E-state index contributed by atoms with van der Waals surface area (Å²) in [5.74, 6) is 0.809. The lowest BCUT2D eigenvalue weighted by Crippen LogP contribution is -2.39. The molecule has 2 aromatic carbocycles. The maximum atomic E-state index is 14.0. The van der Waals surface area contributed by atoms with Crippen molar-refractivity contribution in [3.63, 3.8) is 0 Å². The molecule has 0 saturated carbocycles. The van der Waals surface area contributed by atoms with E-state index in [-0.39, 0.29) is 11.6 Å². The predicted octanol–water partition coefficient (Wildman–Crippen LogP) is 4.55. The zero-order valence-electron chi connectivity index (χ0n) is 19.2. The zero-order chi connectivity index (χ0) is 22.9. The lowest BCUT2D eigenvalue weighted by molar-refractivity contribution is -0.0548. The molecule has 1 aromatic heterocycles. The van der Waals surface area contributed by atoms with Crippen LogP contribution in [0.3, 0.4) is 0 Å². The third kappa shape index (κ3) is 6.55. The summed E-state index contributed by atoms with van der Waals surface area (Å²) in [5, 5.41) is 4.20. The molecule has 7 heteroatoms. The average Bonchev–Trinajstić information content (AvgIpc) is 3.27. The maximum absolute atomic E-state index is 14.0. The molecular weight excluding hydrogens is 421 g/mol. The topological polar surface area (TPSA) is 48.8 Å². The first kappa shape index (κ1) is 23.3. The van der Waals surface area contributed by atoms with Gasteiger partial charge in [0.1, 0.15) is 24.6 Å². The van der Waals surface area contributed by atoms with Crippen molar-refractivity contribution in [3.05, 3.63) is 78.4 Å². The number of para-hydroxylation sites is 1. The van der Waals surface area contributed by atoms with E-state index in [1.165, 1.54) is 11.6 Å². The maximum Gasteiger partial charge on any atom is 0.165 e. The van der Waals surface area contributed by atoms with Gasteiger partial charge in [0.2, 0.25) is 0 Å². The fraction of sp³-hybridized carbons (Fsp3) is 0.423. The molecule has 0 aliphatic carbocycles. The van der Waals surface area contributed by atoms with Crippen LogP contribution in [-0.4, -0.2) is 53.7 Å². The van der Waals surface area contributed by atoms with Gasteiger partial charge in [-0.2, -0.15) is 5.10 Å². The van der Waals surface area contributed by atoms with Crippen molar-refractivity contribution in [2.24, 2.45) is 0 Å². The van der Waals surface area contributed by atoms with E-state index in [4.69, 9.17) is 14.2 Å². The summed E-state index contributed by atoms with van der Waals surface area (Å²) in [6.45, 7) is 4.36. The van der Waals surface area contributed by atoms with Crippen LogP contribution in [0.4, 0.5) is 4.39 Å². The highest BCUT2D eigenvalue weighted by Crippen LogP contribution is 2.29. The van der Waals surface area contributed by atoms with Crippen molar-refractivity contribution in [3.8, 4) is 11.5 Å². The summed E-state index contributed by atoms with van der Waals surface area (Å²) in [7, 11) is 1.73. The molecule has 4 rings (SSSR count). The van der Waals surface area contributed by atoms with Crippen LogP contribution < -0.4 is 9.47 Å². The van der Waals surface area contributed by atoms with E-state index in [2.05, 4.69) is 22.1 Å². The Balaban J connectivity index is 1.29. The van der Waals surface area contributed by atoms with E-state index >= 15 is 0 Å². The van der Waals surface area contributed by atoms with Crippen LogP contribution in [0.2, 0.25) is 0 Å². The Bertz CT molecular complexity index is 998. The molecule has 6 nitrogen and oxygen atoms in total. The highest BCUT2D eigenvalue weighted by molar-refractivity contribution is 5.28. The lowest BCUT2D eigenvalue weighted by Gasteiger charge is -2.31. The molecule has 0 unspecified atom stereocenters. The Morgan fingerprint density at radius 2 is 1.94 bits per heavy atom. The Hall–Kier alpha value is -2.90. The van der Waals surface area contributed by atoms with Gasteiger partial charge in [-0.05, 0) is 61.7 Å². The van der Waals surface area contributed by atoms with E-state index in [1.807, 2.05) is 29.1 Å². The summed E-state index contributed by atoms with van der Waals surface area (Å²) >= 11 is 0. The molecular formula is C26H32FN3O3. The fourth-order valence-corrected chi connectivity index (χ4v) is 4.24. The number of nitrogens with zero attached hydrogens (tertiary/aromatic N) is 3. The molecule has 0 spiro atoms. The van der Waals surface area contributed by atoms with Gasteiger partial charge in [0, 0.05) is 32.6 Å². The van der Waals surface area contributed by atoms with Gasteiger partial charge >= 0.3 is 0 Å². The summed E-state index contributed by atoms with van der Waals surface area (Å²) < 4.78 is 33.5. The molecule has 1 aliphatic heterocycles. The Labute approximate surface area is 194 Å². The van der Waals surface area contributed by atoms with Gasteiger partial charge in [0.15, 0.2) is 11.6 Å². The number of halogens is 1. The number of benzene rings is 2. The molecule has 33 heavy (non-hydrogen) atoms. The molecule has 0 N–H and O–H groups in total. The van der Waals surface area contributed by atoms with Gasteiger partial charge in [-0.15, -0.1) is 0 Å². The molecule has 1 saturated heterocycles. The van der Waals surface area contributed by atoms with E-state index in [1.54, 1.807) is 31.5 Å². The Morgan fingerprint density at radius 3 is 2.76 bits per heavy atom. The van der Waals surface area contributed by atoms with Crippen LogP contribution >= 0.6 is 0 Å². The van der Waals surface area contributed by atoms with Gasteiger partial charge in [-0.25, -0.2) is 4.39 Å². The van der Waals surface area contributed by atoms with E-state index in [9.17, 15) is 4.39 Å². The minimum absolute atomic E-state index is 0.277. The van der Waals surface area contributed by atoms with Gasteiger partial charge in [-0.3, -0.25) is 9.58 Å². The second-order valence-corrected chi connectivity index (χ2v) is 8.50. The van der Waals surface area contributed by atoms with Crippen molar-refractivity contribution in [1.82, 2.24) is 14.7 Å². The number of methoxy groups -OCH3 is 1. The summed E-state index contributed by atoms with van der Waals surface area (Å²) in [6.07, 6.45) is 6.41. The largest absolute Gasteiger partial charge is 0.492 e. The van der Waals surface area contributed by atoms with E-state index in [0.29, 0.717) is 13.2 Å². The van der Waals surface area contributed by atoms with Crippen LogP contribution in [-0.2, 0) is 17.8 Å². The van der Waals surface area contributed by atoms with Crippen molar-refractivity contribution >= 4 is 0 Å². The Morgan fingerprint density at radius 1 is 1.03 bits per heavy atom. The number of aromatic nitrogens is 2. The zero-order valence-corrected chi connectivity index (χ0v) is 19.2. The third-order valence-electron chi connectivity index (χ3n) is 6.20. The smallest absolute Gasteiger partial charge is 0.165 e. The van der Waals surface area contributed by atoms with Crippen molar-refractivity contribution in [2.45, 2.75) is 38.0 Å². The monoisotopic (exact) mass is 453 g/mol. The SMILES string of the molecule is CO[C@]1(COc2ccccc2F)CCCN(Cc2cccc(OCCn3cccn3)c2)CC1. The Kier molecular flexibility index (Phi) is 7.96. The predicted molar refractivity (Wildman–Crippen MR) is 125 cm³/mol. The molecule has 0 bridgehead atoms. The van der Waals surface area contributed by atoms with Crippen LogP contribution in [0.5, 0.6) is 11.5 Å². The first-order chi connectivity index (χ1) is 16.2. The highest BCUT2D eigenvalue weighted by Gasteiger charge is 2.34. The molecule has 1 aliphatic rings. The van der Waals surface area contributed by atoms with Crippen molar-refractivity contribution in [1.29, 1.82) is 0 Å². The molecule has 3 aromatic rings. The van der Waals surface area contributed by atoms with E-state index in [0.717, 1.165) is 51.2 Å². The molecule has 1 atom stereocenters. The van der Waals surface area contributed by atoms with Crippen LogP contribution in [0.1, 0.15) is 24.8 Å². The highest BCUT2D eigenvalue weighted by atomic mass is 19.1. The molecule has 176 valence electrons. The van der Waals surface area contributed by atoms with Crippen LogP contribution in [0.25, 0.3) is 0 Å². The second-order valence-electron chi connectivity index (χ2n) is 8.50. The summed E-state index contributed by atoms with van der Waals surface area (Å²) in [6, 6.07) is 16.7.